The number of aryl methyl sites for hydroxylation is 1. The molecule has 0 aliphatic carbocycles. The lowest BCUT2D eigenvalue weighted by Crippen LogP contribution is -2.38. The molecular weight excluding hydrogens is 304 g/mol. The zero-order chi connectivity index (χ0) is 17.3. The number of nitrogens with one attached hydrogen (secondary N) is 1. The Labute approximate surface area is 139 Å². The van der Waals surface area contributed by atoms with Crippen molar-refractivity contribution in [2.75, 3.05) is 0 Å². The van der Waals surface area contributed by atoms with Gasteiger partial charge < -0.3 is 14.5 Å². The summed E-state index contributed by atoms with van der Waals surface area (Å²) in [6, 6.07) is 10.8. The molecule has 0 radical (unpaired) electrons. The summed E-state index contributed by atoms with van der Waals surface area (Å²) in [7, 11) is 1.84. The zero-order valence-corrected chi connectivity index (χ0v) is 14.0. The summed E-state index contributed by atoms with van der Waals surface area (Å²) in [5.41, 5.74) is 1.05. The summed E-state index contributed by atoms with van der Waals surface area (Å²) in [6.45, 7) is 4.14. The van der Waals surface area contributed by atoms with Gasteiger partial charge in [0.15, 0.2) is 0 Å². The van der Waals surface area contributed by atoms with Gasteiger partial charge >= 0.3 is 0 Å². The number of aromatic nitrogens is 3. The normalized spacial score (nSPS) is 11.2. The van der Waals surface area contributed by atoms with Gasteiger partial charge in [0.2, 0.25) is 0 Å². The first kappa shape index (κ1) is 16.0. The van der Waals surface area contributed by atoms with E-state index >= 15 is 0 Å². The molecule has 1 N–H and O–H groups in total. The van der Waals surface area contributed by atoms with Crippen molar-refractivity contribution >= 4 is 16.8 Å². The van der Waals surface area contributed by atoms with Gasteiger partial charge in [-0.3, -0.25) is 9.59 Å². The highest BCUT2D eigenvalue weighted by Gasteiger charge is 2.22. The molecule has 24 heavy (non-hydrogen) atoms. The summed E-state index contributed by atoms with van der Waals surface area (Å²) in [4.78, 5) is 34.0. The van der Waals surface area contributed by atoms with Gasteiger partial charge in [0, 0.05) is 19.3 Å². The highest BCUT2D eigenvalue weighted by atomic mass is 16.2. The molecule has 6 heteroatoms. The van der Waals surface area contributed by atoms with E-state index in [9.17, 15) is 9.59 Å². The molecule has 0 spiro atoms. The third-order valence-electron chi connectivity index (χ3n) is 4.03. The Hall–Kier alpha value is -2.89. The van der Waals surface area contributed by atoms with Crippen LogP contribution in [0.4, 0.5) is 0 Å². The van der Waals surface area contributed by atoms with Crippen LogP contribution in [0.5, 0.6) is 0 Å². The van der Waals surface area contributed by atoms with Gasteiger partial charge in [-0.15, -0.1) is 0 Å². The van der Waals surface area contributed by atoms with Crippen molar-refractivity contribution in [3.05, 3.63) is 64.5 Å². The molecule has 0 aliphatic heterocycles. The molecule has 1 aromatic carbocycles. The van der Waals surface area contributed by atoms with Crippen LogP contribution in [0.15, 0.2) is 47.4 Å². The summed E-state index contributed by atoms with van der Waals surface area (Å²) in [6.07, 6.45) is 1.84. The molecule has 1 amide bonds. The average molecular weight is 324 g/mol. The summed E-state index contributed by atoms with van der Waals surface area (Å²) < 4.78 is 1.79. The molecule has 2 heterocycles. The first-order valence-corrected chi connectivity index (χ1v) is 7.87. The number of aromatic amines is 1. The Morgan fingerprint density at radius 3 is 2.67 bits per heavy atom. The molecule has 0 saturated heterocycles. The van der Waals surface area contributed by atoms with E-state index in [0.717, 1.165) is 0 Å². The van der Waals surface area contributed by atoms with E-state index in [2.05, 4.69) is 9.97 Å². The highest BCUT2D eigenvalue weighted by Crippen LogP contribution is 2.13. The van der Waals surface area contributed by atoms with E-state index in [-0.39, 0.29) is 24.1 Å². The van der Waals surface area contributed by atoms with Crippen LogP contribution in [0.25, 0.3) is 10.9 Å². The summed E-state index contributed by atoms with van der Waals surface area (Å²) in [5.74, 6) is 0.392. The molecule has 0 aliphatic rings. The quantitative estimate of drug-likeness (QED) is 0.800. The molecule has 0 bridgehead atoms. The number of fused-ring (bicyclic) bond motifs is 1. The van der Waals surface area contributed by atoms with Crippen molar-refractivity contribution in [2.24, 2.45) is 7.05 Å². The minimum Gasteiger partial charge on any atom is -0.347 e. The number of amides is 1. The number of hydrogen-bond acceptors (Lipinski definition) is 3. The van der Waals surface area contributed by atoms with Crippen molar-refractivity contribution in [2.45, 2.75) is 26.4 Å². The first-order valence-electron chi connectivity index (χ1n) is 7.87. The maximum absolute atomic E-state index is 12.8. The Morgan fingerprint density at radius 1 is 1.25 bits per heavy atom. The maximum atomic E-state index is 12.8. The SMILES string of the molecule is CC(C)N(Cc1nc2ccccc2c(=O)[nH]1)C(=O)c1cccn1C. The monoisotopic (exact) mass is 324 g/mol. The van der Waals surface area contributed by atoms with Crippen molar-refractivity contribution in [1.82, 2.24) is 19.4 Å². The Balaban J connectivity index is 1.96. The van der Waals surface area contributed by atoms with E-state index in [0.29, 0.717) is 22.4 Å². The fraction of sp³-hybridized carbons (Fsp3) is 0.278. The van der Waals surface area contributed by atoms with Crippen molar-refractivity contribution in [1.29, 1.82) is 0 Å². The molecule has 6 nitrogen and oxygen atoms in total. The Morgan fingerprint density at radius 2 is 2.00 bits per heavy atom. The van der Waals surface area contributed by atoms with Gasteiger partial charge in [-0.2, -0.15) is 0 Å². The molecule has 0 unspecified atom stereocenters. The number of nitrogens with zero attached hydrogens (tertiary/aromatic N) is 3. The second-order valence-electron chi connectivity index (χ2n) is 6.06. The van der Waals surface area contributed by atoms with Crippen LogP contribution in [-0.2, 0) is 13.6 Å². The second-order valence-corrected chi connectivity index (χ2v) is 6.06. The molecule has 3 aromatic rings. The molecule has 124 valence electrons. The average Bonchev–Trinajstić information content (AvgIpc) is 2.98. The summed E-state index contributed by atoms with van der Waals surface area (Å²) in [5, 5.41) is 0.547. The van der Waals surface area contributed by atoms with Crippen LogP contribution in [0.2, 0.25) is 0 Å². The number of para-hydroxylation sites is 1. The van der Waals surface area contributed by atoms with Crippen molar-refractivity contribution in [3.63, 3.8) is 0 Å². The highest BCUT2D eigenvalue weighted by molar-refractivity contribution is 5.93. The number of carbonyl (C=O) groups excluding carboxylic acids is 1. The van der Waals surface area contributed by atoms with Crippen LogP contribution in [0.1, 0.15) is 30.2 Å². The fourth-order valence-corrected chi connectivity index (χ4v) is 2.69. The summed E-state index contributed by atoms with van der Waals surface area (Å²) >= 11 is 0. The molecule has 0 fully saturated rings. The molecule has 2 aromatic heterocycles. The van der Waals surface area contributed by atoms with Crippen LogP contribution in [0, 0.1) is 0 Å². The van der Waals surface area contributed by atoms with Crippen LogP contribution in [0.3, 0.4) is 0 Å². The smallest absolute Gasteiger partial charge is 0.271 e. The Kier molecular flexibility index (Phi) is 4.20. The van der Waals surface area contributed by atoms with E-state index < -0.39 is 0 Å². The van der Waals surface area contributed by atoms with E-state index in [4.69, 9.17) is 0 Å². The topological polar surface area (TPSA) is 71.0 Å². The Bertz CT molecular complexity index is 939. The van der Waals surface area contributed by atoms with E-state index in [1.165, 1.54) is 0 Å². The number of H-pyrrole nitrogens is 1. The van der Waals surface area contributed by atoms with Gasteiger partial charge in [-0.05, 0) is 38.1 Å². The van der Waals surface area contributed by atoms with Crippen molar-refractivity contribution < 1.29 is 4.79 Å². The number of benzene rings is 1. The molecule has 0 atom stereocenters. The largest absolute Gasteiger partial charge is 0.347 e. The van der Waals surface area contributed by atoms with Gasteiger partial charge in [0.1, 0.15) is 11.5 Å². The number of hydrogen-bond donors (Lipinski definition) is 1. The third kappa shape index (κ3) is 2.95. The minimum absolute atomic E-state index is 0.0239. The fourth-order valence-electron chi connectivity index (χ4n) is 2.69. The second kappa shape index (κ2) is 6.31. The number of carbonyl (C=O) groups is 1. The lowest BCUT2D eigenvalue weighted by molar-refractivity contribution is 0.0675. The van der Waals surface area contributed by atoms with Gasteiger partial charge in [-0.25, -0.2) is 4.98 Å². The molecule has 3 rings (SSSR count). The first-order chi connectivity index (χ1) is 11.5. The van der Waals surface area contributed by atoms with Crippen LogP contribution in [-0.4, -0.2) is 31.4 Å². The number of rotatable bonds is 4. The lowest BCUT2D eigenvalue weighted by atomic mass is 10.2. The lowest BCUT2D eigenvalue weighted by Gasteiger charge is -2.26. The maximum Gasteiger partial charge on any atom is 0.271 e. The van der Waals surface area contributed by atoms with Crippen molar-refractivity contribution in [3.8, 4) is 0 Å². The minimum atomic E-state index is -0.189. The third-order valence-corrected chi connectivity index (χ3v) is 4.03. The van der Waals surface area contributed by atoms with Crippen LogP contribution < -0.4 is 5.56 Å². The van der Waals surface area contributed by atoms with E-state index in [1.54, 1.807) is 33.7 Å². The molecular formula is C18H20N4O2. The van der Waals surface area contributed by atoms with Gasteiger partial charge in [0.05, 0.1) is 17.4 Å². The zero-order valence-electron chi connectivity index (χ0n) is 14.0. The van der Waals surface area contributed by atoms with Gasteiger partial charge in [0.25, 0.3) is 11.5 Å². The standard InChI is InChI=1S/C18H20N4O2/c1-12(2)22(18(24)15-9-6-10-21(15)3)11-16-19-14-8-5-4-7-13(14)17(23)20-16/h4-10,12H,11H2,1-3H3,(H,19,20,23). The van der Waals surface area contributed by atoms with Gasteiger partial charge in [-0.1, -0.05) is 12.1 Å². The van der Waals surface area contributed by atoms with E-state index in [1.807, 2.05) is 39.2 Å². The predicted octanol–water partition coefficient (Wildman–Crippen LogP) is 2.31. The molecule has 0 saturated carbocycles. The van der Waals surface area contributed by atoms with Crippen LogP contribution >= 0.6 is 0 Å². The predicted molar refractivity (Wildman–Crippen MR) is 92.8 cm³/mol.